The van der Waals surface area contributed by atoms with Gasteiger partial charge < -0.3 is 5.32 Å². The molecular formula is C14H18N4. The molecule has 1 atom stereocenters. The minimum absolute atomic E-state index is 0.222. The summed E-state index contributed by atoms with van der Waals surface area (Å²) in [6.07, 6.45) is 2.01. The number of para-hydroxylation sites is 1. The normalized spacial score (nSPS) is 18.9. The molecule has 0 radical (unpaired) electrons. The Labute approximate surface area is 107 Å². The topological polar surface area (TPSA) is 44.0 Å². The number of hydrogen-bond acceptors (Lipinski definition) is 3. The molecule has 18 heavy (non-hydrogen) atoms. The molecular weight excluding hydrogens is 224 g/mol. The van der Waals surface area contributed by atoms with Gasteiger partial charge in [-0.1, -0.05) is 24.3 Å². The number of piperazine rings is 1. The second kappa shape index (κ2) is 4.92. The first kappa shape index (κ1) is 11.4. The predicted octanol–water partition coefficient (Wildman–Crippen LogP) is 1.70. The minimum Gasteiger partial charge on any atom is -0.314 e. The van der Waals surface area contributed by atoms with E-state index in [1.807, 2.05) is 18.2 Å². The second-order valence-electron chi connectivity index (χ2n) is 4.62. The minimum atomic E-state index is 0.222. The molecule has 1 aromatic heterocycles. The summed E-state index contributed by atoms with van der Waals surface area (Å²) >= 11 is 0. The zero-order valence-electron chi connectivity index (χ0n) is 10.4. The molecule has 0 bridgehead atoms. The van der Waals surface area contributed by atoms with Crippen LogP contribution in [0, 0.1) is 0 Å². The summed E-state index contributed by atoms with van der Waals surface area (Å²) < 4.78 is 0. The van der Waals surface area contributed by atoms with Crippen LogP contribution < -0.4 is 5.32 Å². The van der Waals surface area contributed by atoms with E-state index in [1.165, 1.54) is 5.39 Å². The first-order valence-corrected chi connectivity index (χ1v) is 6.40. The van der Waals surface area contributed by atoms with Crippen LogP contribution in [0.1, 0.15) is 11.7 Å². The van der Waals surface area contributed by atoms with Gasteiger partial charge in [0, 0.05) is 31.6 Å². The number of rotatable bonds is 3. The lowest BCUT2D eigenvalue weighted by Gasteiger charge is -2.32. The van der Waals surface area contributed by atoms with E-state index in [0.717, 1.165) is 37.4 Å². The van der Waals surface area contributed by atoms with Crippen molar-refractivity contribution in [2.45, 2.75) is 6.04 Å². The van der Waals surface area contributed by atoms with Gasteiger partial charge in [0.1, 0.15) is 0 Å². The molecule has 2 heterocycles. The largest absolute Gasteiger partial charge is 0.314 e. The molecule has 0 amide bonds. The number of hydrogen-bond donors (Lipinski definition) is 2. The number of aromatic amines is 1. The summed E-state index contributed by atoms with van der Waals surface area (Å²) in [4.78, 5) is 2.43. The zero-order chi connectivity index (χ0) is 12.4. The van der Waals surface area contributed by atoms with Gasteiger partial charge in [-0.2, -0.15) is 5.10 Å². The van der Waals surface area contributed by atoms with E-state index in [4.69, 9.17) is 0 Å². The molecule has 1 aromatic carbocycles. The monoisotopic (exact) mass is 242 g/mol. The van der Waals surface area contributed by atoms with Crippen molar-refractivity contribution in [1.29, 1.82) is 0 Å². The van der Waals surface area contributed by atoms with Crippen LogP contribution in [0.5, 0.6) is 0 Å². The predicted molar refractivity (Wildman–Crippen MR) is 73.5 cm³/mol. The van der Waals surface area contributed by atoms with Crippen molar-refractivity contribution in [3.8, 4) is 0 Å². The van der Waals surface area contributed by atoms with Crippen LogP contribution in [0.4, 0.5) is 0 Å². The average molecular weight is 242 g/mol. The Bertz CT molecular complexity index is 539. The van der Waals surface area contributed by atoms with Gasteiger partial charge in [0.05, 0.1) is 17.3 Å². The van der Waals surface area contributed by atoms with E-state index in [9.17, 15) is 0 Å². The van der Waals surface area contributed by atoms with Crippen molar-refractivity contribution in [2.75, 3.05) is 26.2 Å². The zero-order valence-corrected chi connectivity index (χ0v) is 10.4. The Morgan fingerprint density at radius 3 is 2.83 bits per heavy atom. The van der Waals surface area contributed by atoms with E-state index in [-0.39, 0.29) is 6.04 Å². The van der Waals surface area contributed by atoms with Crippen LogP contribution in [0.25, 0.3) is 10.9 Å². The van der Waals surface area contributed by atoms with E-state index in [0.29, 0.717) is 0 Å². The molecule has 1 aliphatic heterocycles. The van der Waals surface area contributed by atoms with Gasteiger partial charge in [-0.25, -0.2) is 0 Å². The first-order valence-electron chi connectivity index (χ1n) is 6.40. The Morgan fingerprint density at radius 2 is 2.06 bits per heavy atom. The van der Waals surface area contributed by atoms with Crippen molar-refractivity contribution in [3.05, 3.63) is 42.6 Å². The maximum atomic E-state index is 4.37. The van der Waals surface area contributed by atoms with Crippen molar-refractivity contribution in [2.24, 2.45) is 0 Å². The fraction of sp³-hybridized carbons (Fsp3) is 0.357. The number of benzene rings is 1. The summed E-state index contributed by atoms with van der Waals surface area (Å²) in [5, 5.41) is 12.1. The van der Waals surface area contributed by atoms with Crippen molar-refractivity contribution in [1.82, 2.24) is 20.4 Å². The van der Waals surface area contributed by atoms with Gasteiger partial charge >= 0.3 is 0 Å². The highest BCUT2D eigenvalue weighted by Gasteiger charge is 2.22. The summed E-state index contributed by atoms with van der Waals surface area (Å²) in [5.74, 6) is 0. The molecule has 0 aliphatic carbocycles. The quantitative estimate of drug-likeness (QED) is 0.805. The molecule has 0 spiro atoms. The molecule has 1 unspecified atom stereocenters. The third kappa shape index (κ3) is 1.94. The fourth-order valence-electron chi connectivity index (χ4n) is 2.61. The van der Waals surface area contributed by atoms with Crippen molar-refractivity contribution < 1.29 is 0 Å². The fourth-order valence-corrected chi connectivity index (χ4v) is 2.61. The molecule has 1 aliphatic rings. The molecule has 4 heteroatoms. The third-order valence-electron chi connectivity index (χ3n) is 3.56. The highest BCUT2D eigenvalue weighted by Crippen LogP contribution is 2.27. The number of nitrogens with zero attached hydrogens (tertiary/aromatic N) is 2. The molecule has 4 nitrogen and oxygen atoms in total. The summed E-state index contributed by atoms with van der Waals surface area (Å²) in [7, 11) is 0. The number of H-pyrrole nitrogens is 1. The van der Waals surface area contributed by atoms with Crippen LogP contribution >= 0.6 is 0 Å². The molecule has 94 valence electrons. The highest BCUT2D eigenvalue weighted by molar-refractivity contribution is 5.81. The van der Waals surface area contributed by atoms with E-state index in [1.54, 1.807) is 0 Å². The van der Waals surface area contributed by atoms with E-state index in [2.05, 4.69) is 39.1 Å². The second-order valence-corrected chi connectivity index (χ2v) is 4.62. The smallest absolute Gasteiger partial charge is 0.0924 e. The Morgan fingerprint density at radius 1 is 1.28 bits per heavy atom. The van der Waals surface area contributed by atoms with Crippen LogP contribution in [0.3, 0.4) is 0 Å². The van der Waals surface area contributed by atoms with E-state index < -0.39 is 0 Å². The van der Waals surface area contributed by atoms with Gasteiger partial charge in [0.15, 0.2) is 0 Å². The van der Waals surface area contributed by atoms with Crippen molar-refractivity contribution in [3.63, 3.8) is 0 Å². The van der Waals surface area contributed by atoms with Gasteiger partial charge in [-0.3, -0.25) is 10.00 Å². The molecule has 2 N–H and O–H groups in total. The standard InChI is InChI=1S/C14H18N4/c1-2-13(18-9-7-15-8-10-18)14-11-5-3-4-6-12(11)16-17-14/h2-6,13,15H,1,7-10H2,(H,16,17). The van der Waals surface area contributed by atoms with Crippen LogP contribution in [0.2, 0.25) is 0 Å². The summed E-state index contributed by atoms with van der Waals surface area (Å²) in [6.45, 7) is 8.16. The Balaban J connectivity index is 1.97. The van der Waals surface area contributed by atoms with Gasteiger partial charge in [-0.15, -0.1) is 6.58 Å². The molecule has 0 saturated carbocycles. The lowest BCUT2D eigenvalue weighted by molar-refractivity contribution is 0.201. The summed E-state index contributed by atoms with van der Waals surface area (Å²) in [6, 6.07) is 8.44. The Hall–Kier alpha value is -1.65. The number of aromatic nitrogens is 2. The van der Waals surface area contributed by atoms with Crippen LogP contribution in [0.15, 0.2) is 36.9 Å². The van der Waals surface area contributed by atoms with Gasteiger partial charge in [0.25, 0.3) is 0 Å². The number of fused-ring (bicyclic) bond motifs is 1. The van der Waals surface area contributed by atoms with Crippen LogP contribution in [-0.4, -0.2) is 41.3 Å². The van der Waals surface area contributed by atoms with E-state index >= 15 is 0 Å². The highest BCUT2D eigenvalue weighted by atomic mass is 15.2. The molecule has 1 fully saturated rings. The van der Waals surface area contributed by atoms with Gasteiger partial charge in [-0.05, 0) is 6.07 Å². The molecule has 2 aromatic rings. The van der Waals surface area contributed by atoms with Crippen molar-refractivity contribution >= 4 is 10.9 Å². The molecule has 3 rings (SSSR count). The van der Waals surface area contributed by atoms with Gasteiger partial charge in [0.2, 0.25) is 0 Å². The summed E-state index contributed by atoms with van der Waals surface area (Å²) in [5.41, 5.74) is 2.18. The maximum Gasteiger partial charge on any atom is 0.0924 e. The third-order valence-corrected chi connectivity index (χ3v) is 3.56. The Kier molecular flexibility index (Phi) is 3.13. The maximum absolute atomic E-state index is 4.37. The first-order chi connectivity index (χ1) is 8.90. The average Bonchev–Trinajstić information content (AvgIpc) is 2.85. The lowest BCUT2D eigenvalue weighted by Crippen LogP contribution is -2.44. The number of nitrogens with one attached hydrogen (secondary N) is 2. The molecule has 1 saturated heterocycles. The SMILES string of the molecule is C=CC(c1[nH]nc2ccccc12)N1CCNCC1. The lowest BCUT2D eigenvalue weighted by atomic mass is 10.1. The van der Waals surface area contributed by atoms with Crippen LogP contribution in [-0.2, 0) is 0 Å².